The molecule has 3 heterocycles. The summed E-state index contributed by atoms with van der Waals surface area (Å²) in [4.78, 5) is 29.0. The Balaban J connectivity index is 1.47. The smallest absolute Gasteiger partial charge is 0.276 e. The third-order valence-corrected chi connectivity index (χ3v) is 5.20. The fourth-order valence-electron chi connectivity index (χ4n) is 3.26. The van der Waals surface area contributed by atoms with E-state index in [4.69, 9.17) is 0 Å². The van der Waals surface area contributed by atoms with Gasteiger partial charge in [-0.25, -0.2) is 4.52 Å². The number of benzene rings is 1. The van der Waals surface area contributed by atoms with Crippen LogP contribution in [0.1, 0.15) is 23.1 Å². The first kappa shape index (κ1) is 19.6. The van der Waals surface area contributed by atoms with Crippen LogP contribution in [0, 0.1) is 13.8 Å². The lowest BCUT2D eigenvalue weighted by Gasteiger charge is -2.07. The van der Waals surface area contributed by atoms with Crippen molar-refractivity contribution in [1.29, 1.82) is 0 Å². The van der Waals surface area contributed by atoms with Gasteiger partial charge >= 0.3 is 0 Å². The highest BCUT2D eigenvalue weighted by atomic mass is 16.1. The summed E-state index contributed by atoms with van der Waals surface area (Å²) in [5, 5.41) is 7.38. The molecule has 4 rings (SSSR count). The number of carbonyl (C=O) groups is 1. The minimum absolute atomic E-state index is 0.116. The molecule has 4 aromatic rings. The van der Waals surface area contributed by atoms with Gasteiger partial charge in [0.15, 0.2) is 0 Å². The van der Waals surface area contributed by atoms with Gasteiger partial charge in [-0.05, 0) is 48.7 Å². The third-order valence-electron chi connectivity index (χ3n) is 5.20. The Labute approximate surface area is 174 Å². The van der Waals surface area contributed by atoms with Crippen LogP contribution >= 0.6 is 0 Å². The molecule has 1 amide bonds. The van der Waals surface area contributed by atoms with Gasteiger partial charge in [0.25, 0.3) is 5.56 Å². The maximum atomic E-state index is 12.8. The molecule has 0 aliphatic rings. The summed E-state index contributed by atoms with van der Waals surface area (Å²) in [7, 11) is 0. The molecule has 0 aliphatic heterocycles. The molecule has 0 unspecified atom stereocenters. The molecule has 0 saturated heterocycles. The molecule has 0 atom stereocenters. The van der Waals surface area contributed by atoms with E-state index in [-0.39, 0.29) is 17.9 Å². The summed E-state index contributed by atoms with van der Waals surface area (Å²) in [5.41, 5.74) is 5.37. The van der Waals surface area contributed by atoms with Gasteiger partial charge in [0.1, 0.15) is 5.52 Å². The van der Waals surface area contributed by atoms with Gasteiger partial charge in [-0.1, -0.05) is 18.2 Å². The number of amides is 1. The number of hydrogen-bond donors (Lipinski definition) is 1. The molecular weight excluding hydrogens is 378 g/mol. The van der Waals surface area contributed by atoms with E-state index in [0.717, 1.165) is 16.8 Å². The lowest BCUT2D eigenvalue weighted by molar-refractivity contribution is -0.121. The van der Waals surface area contributed by atoms with Crippen molar-refractivity contribution in [2.24, 2.45) is 0 Å². The fourth-order valence-corrected chi connectivity index (χ4v) is 3.26. The zero-order valence-electron chi connectivity index (χ0n) is 17.0. The summed E-state index contributed by atoms with van der Waals surface area (Å²) in [6, 6.07) is 11.7. The van der Waals surface area contributed by atoms with E-state index in [1.807, 2.05) is 18.2 Å². The predicted molar refractivity (Wildman–Crippen MR) is 115 cm³/mol. The van der Waals surface area contributed by atoms with Crippen molar-refractivity contribution in [3.8, 4) is 11.3 Å². The van der Waals surface area contributed by atoms with Gasteiger partial charge in [-0.3, -0.25) is 14.6 Å². The Morgan fingerprint density at radius 3 is 2.73 bits per heavy atom. The zero-order chi connectivity index (χ0) is 21.1. The average molecular weight is 401 g/mol. The molecule has 1 aromatic carbocycles. The Bertz CT molecular complexity index is 1260. The highest BCUT2D eigenvalue weighted by Gasteiger charge is 2.11. The normalized spacial score (nSPS) is 11.0. The van der Waals surface area contributed by atoms with Crippen molar-refractivity contribution >= 4 is 11.4 Å². The monoisotopic (exact) mass is 401 g/mol. The second-order valence-corrected chi connectivity index (χ2v) is 7.34. The van der Waals surface area contributed by atoms with E-state index in [9.17, 15) is 9.59 Å². The summed E-state index contributed by atoms with van der Waals surface area (Å²) in [6.45, 7) is 4.84. The first-order valence-electron chi connectivity index (χ1n) is 9.83. The minimum atomic E-state index is -0.167. The summed E-state index contributed by atoms with van der Waals surface area (Å²) < 4.78 is 3.14. The van der Waals surface area contributed by atoms with Gasteiger partial charge < -0.3 is 9.88 Å². The minimum Gasteiger partial charge on any atom is -0.352 e. The largest absolute Gasteiger partial charge is 0.352 e. The number of aryl methyl sites for hydroxylation is 3. The van der Waals surface area contributed by atoms with E-state index < -0.39 is 0 Å². The van der Waals surface area contributed by atoms with E-state index in [2.05, 4.69) is 41.4 Å². The molecule has 0 saturated carbocycles. The summed E-state index contributed by atoms with van der Waals surface area (Å²) in [5.74, 6) is -0.116. The highest BCUT2D eigenvalue weighted by molar-refractivity contribution is 5.75. The van der Waals surface area contributed by atoms with Crippen LogP contribution < -0.4 is 10.9 Å². The van der Waals surface area contributed by atoms with Gasteiger partial charge in [-0.2, -0.15) is 5.10 Å². The topological polar surface area (TPSA) is 81.3 Å². The number of aromatic nitrogens is 4. The maximum absolute atomic E-state index is 12.8. The number of hydrogen-bond acceptors (Lipinski definition) is 4. The second kappa shape index (κ2) is 8.32. The zero-order valence-corrected chi connectivity index (χ0v) is 17.0. The van der Waals surface area contributed by atoms with Crippen molar-refractivity contribution in [2.45, 2.75) is 33.4 Å². The Kier molecular flexibility index (Phi) is 5.43. The molecule has 152 valence electrons. The van der Waals surface area contributed by atoms with Crippen molar-refractivity contribution in [2.75, 3.05) is 0 Å². The number of rotatable bonds is 6. The number of nitrogens with one attached hydrogen (secondary N) is 1. The molecule has 7 heteroatoms. The number of fused-ring (bicyclic) bond motifs is 1. The summed E-state index contributed by atoms with van der Waals surface area (Å²) in [6.07, 6.45) is 7.03. The van der Waals surface area contributed by atoms with Crippen LogP contribution in [0.15, 0.2) is 66.0 Å². The van der Waals surface area contributed by atoms with Gasteiger partial charge in [-0.15, -0.1) is 0 Å². The van der Waals surface area contributed by atoms with E-state index >= 15 is 0 Å². The number of carbonyl (C=O) groups excluding carboxylic acids is 1. The van der Waals surface area contributed by atoms with E-state index in [1.54, 1.807) is 39.9 Å². The molecular formula is C23H23N5O2. The van der Waals surface area contributed by atoms with Gasteiger partial charge in [0, 0.05) is 49.9 Å². The molecule has 0 bridgehead atoms. The molecule has 30 heavy (non-hydrogen) atoms. The quantitative estimate of drug-likeness (QED) is 0.539. The second-order valence-electron chi connectivity index (χ2n) is 7.34. The van der Waals surface area contributed by atoms with Crippen LogP contribution in [0.2, 0.25) is 0 Å². The first-order valence-corrected chi connectivity index (χ1v) is 9.83. The Morgan fingerprint density at radius 2 is 1.97 bits per heavy atom. The van der Waals surface area contributed by atoms with Crippen molar-refractivity contribution < 1.29 is 4.79 Å². The molecule has 7 nitrogen and oxygen atoms in total. The van der Waals surface area contributed by atoms with E-state index in [0.29, 0.717) is 18.6 Å². The molecule has 3 aromatic heterocycles. The van der Waals surface area contributed by atoms with Crippen LogP contribution in [-0.4, -0.2) is 25.1 Å². The summed E-state index contributed by atoms with van der Waals surface area (Å²) >= 11 is 0. The fraction of sp³-hybridized carbons (Fsp3) is 0.217. The SMILES string of the molecule is Cc1ccc(-c2cc3c(=O)n(CCC(=O)NCc4cccnc4)ccn3n2)cc1C. The van der Waals surface area contributed by atoms with Crippen molar-refractivity contribution in [3.05, 3.63) is 88.2 Å². The first-order chi connectivity index (χ1) is 14.5. The van der Waals surface area contributed by atoms with Crippen LogP contribution in [0.5, 0.6) is 0 Å². The standard InChI is InChI=1S/C23H23N5O2/c1-16-5-6-19(12-17(16)2)20-13-21-23(30)27(10-11-28(21)26-20)9-7-22(29)25-15-18-4-3-8-24-14-18/h3-6,8,10-14H,7,9,15H2,1-2H3,(H,25,29). The Morgan fingerprint density at radius 1 is 1.10 bits per heavy atom. The average Bonchev–Trinajstić information content (AvgIpc) is 3.20. The lowest BCUT2D eigenvalue weighted by Crippen LogP contribution is -2.27. The van der Waals surface area contributed by atoms with Crippen LogP contribution in [-0.2, 0) is 17.9 Å². The lowest BCUT2D eigenvalue weighted by atomic mass is 10.0. The van der Waals surface area contributed by atoms with Crippen LogP contribution in [0.4, 0.5) is 0 Å². The van der Waals surface area contributed by atoms with Crippen molar-refractivity contribution in [3.63, 3.8) is 0 Å². The third kappa shape index (κ3) is 4.15. The molecule has 0 aliphatic carbocycles. The predicted octanol–water partition coefficient (Wildman–Crippen LogP) is 2.88. The highest BCUT2D eigenvalue weighted by Crippen LogP contribution is 2.21. The molecule has 0 radical (unpaired) electrons. The molecule has 0 spiro atoms. The number of pyridine rings is 1. The van der Waals surface area contributed by atoms with Gasteiger partial charge in [0.2, 0.25) is 5.91 Å². The van der Waals surface area contributed by atoms with Gasteiger partial charge in [0.05, 0.1) is 5.69 Å². The van der Waals surface area contributed by atoms with Crippen LogP contribution in [0.25, 0.3) is 16.8 Å². The van der Waals surface area contributed by atoms with Crippen molar-refractivity contribution in [1.82, 2.24) is 24.5 Å². The molecule has 1 N–H and O–H groups in total. The van der Waals surface area contributed by atoms with Crippen LogP contribution in [0.3, 0.4) is 0 Å². The molecule has 0 fully saturated rings. The number of nitrogens with zero attached hydrogens (tertiary/aromatic N) is 4. The van der Waals surface area contributed by atoms with E-state index in [1.165, 1.54) is 11.1 Å². The Hall–Kier alpha value is -3.74. The maximum Gasteiger partial charge on any atom is 0.276 e.